The van der Waals surface area contributed by atoms with E-state index in [-0.39, 0.29) is 11.9 Å². The normalized spacial score (nSPS) is 17.6. The van der Waals surface area contributed by atoms with Gasteiger partial charge in [0.25, 0.3) is 0 Å². The Balaban J connectivity index is 1.72. The van der Waals surface area contributed by atoms with Crippen LogP contribution >= 0.6 is 0 Å². The fraction of sp³-hybridized carbons (Fsp3) is 0.370. The van der Waals surface area contributed by atoms with Gasteiger partial charge in [0.15, 0.2) is 0 Å². The lowest BCUT2D eigenvalue weighted by atomic mass is 10.0. The highest BCUT2D eigenvalue weighted by Gasteiger charge is 2.28. The Bertz CT molecular complexity index is 1090. The van der Waals surface area contributed by atoms with Crippen LogP contribution in [0.3, 0.4) is 0 Å². The first-order valence-corrected chi connectivity index (χ1v) is 11.6. The number of benzene rings is 2. The van der Waals surface area contributed by atoms with Crippen molar-refractivity contribution in [2.24, 2.45) is 7.05 Å². The Labute approximate surface area is 200 Å². The molecule has 34 heavy (non-hydrogen) atoms. The zero-order valence-electron chi connectivity index (χ0n) is 19.8. The van der Waals surface area contributed by atoms with Crippen LogP contribution in [0.4, 0.5) is 4.39 Å². The average Bonchev–Trinajstić information content (AvgIpc) is 3.44. The molecule has 0 unspecified atom stereocenters. The largest absolute Gasteiger partial charge is 0.439 e. The number of rotatable bonds is 10. The Kier molecular flexibility index (Phi) is 7.46. The predicted molar refractivity (Wildman–Crippen MR) is 130 cm³/mol. The predicted octanol–water partition coefficient (Wildman–Crippen LogP) is 4.94. The summed E-state index contributed by atoms with van der Waals surface area (Å²) in [5.74, 6) is 0.770. The molecule has 6 nitrogen and oxygen atoms in total. The fourth-order valence-corrected chi connectivity index (χ4v) is 4.27. The summed E-state index contributed by atoms with van der Waals surface area (Å²) < 4.78 is 27.3. The zero-order chi connectivity index (χ0) is 24.1. The number of hydrogen-bond donors (Lipinski definition) is 1. The van der Waals surface area contributed by atoms with Crippen molar-refractivity contribution in [3.63, 3.8) is 0 Å². The number of aromatic nitrogens is 2. The van der Waals surface area contributed by atoms with E-state index in [2.05, 4.69) is 11.5 Å². The Morgan fingerprint density at radius 1 is 1.26 bits per heavy atom. The van der Waals surface area contributed by atoms with E-state index in [1.54, 1.807) is 29.8 Å². The third kappa shape index (κ3) is 5.91. The van der Waals surface area contributed by atoms with Crippen molar-refractivity contribution in [3.05, 3.63) is 78.6 Å². The molecular formula is C27H32FN3O3. The minimum Gasteiger partial charge on any atom is -0.439 e. The molecule has 2 atom stereocenters. The highest BCUT2D eigenvalue weighted by atomic mass is 19.1. The van der Waals surface area contributed by atoms with E-state index in [0.29, 0.717) is 31.3 Å². The summed E-state index contributed by atoms with van der Waals surface area (Å²) in [6.45, 7) is 7.84. The second-order valence-electron chi connectivity index (χ2n) is 9.04. The molecule has 180 valence electrons. The lowest BCUT2D eigenvalue weighted by molar-refractivity contribution is 0.0241. The Hall–Kier alpha value is -3.00. The van der Waals surface area contributed by atoms with Crippen molar-refractivity contribution < 1.29 is 19.0 Å². The van der Waals surface area contributed by atoms with Gasteiger partial charge in [-0.2, -0.15) is 5.10 Å². The van der Waals surface area contributed by atoms with Crippen molar-refractivity contribution in [3.8, 4) is 22.9 Å². The van der Waals surface area contributed by atoms with E-state index in [4.69, 9.17) is 14.6 Å². The first kappa shape index (κ1) is 24.1. The summed E-state index contributed by atoms with van der Waals surface area (Å²) >= 11 is 0. The Morgan fingerprint density at radius 2 is 2.00 bits per heavy atom. The van der Waals surface area contributed by atoms with Gasteiger partial charge in [-0.25, -0.2) is 9.07 Å². The standard InChI is InChI=1S/C27H32FN3O3/c1-4-27(2,32)19-31(17-23-11-8-16-33-23)18-24-25(20-9-6-5-7-10-20)29-30(3)26(24)34-22-14-12-21(28)13-15-22/h4-7,9-10,12-15,23,32H,1,8,11,16-19H2,2-3H3/t23-,27+/m0/s1. The summed E-state index contributed by atoms with van der Waals surface area (Å²) in [6.07, 6.45) is 3.70. The summed E-state index contributed by atoms with van der Waals surface area (Å²) in [5.41, 5.74) is 1.59. The molecule has 2 heterocycles. The van der Waals surface area contributed by atoms with Crippen LogP contribution in [0.1, 0.15) is 25.3 Å². The average molecular weight is 466 g/mol. The molecule has 1 fully saturated rings. The minimum atomic E-state index is -1.06. The second-order valence-corrected chi connectivity index (χ2v) is 9.04. The molecule has 4 rings (SSSR count). The van der Waals surface area contributed by atoms with Crippen molar-refractivity contribution in [1.82, 2.24) is 14.7 Å². The molecule has 1 aromatic heterocycles. The SMILES string of the molecule is C=C[C@@](C)(O)CN(Cc1c(-c2ccccc2)nn(C)c1Oc1ccc(F)cc1)C[C@@H]1CCCO1. The van der Waals surface area contributed by atoms with Crippen LogP contribution in [0.5, 0.6) is 11.6 Å². The highest BCUT2D eigenvalue weighted by molar-refractivity contribution is 5.65. The van der Waals surface area contributed by atoms with E-state index in [9.17, 15) is 9.50 Å². The van der Waals surface area contributed by atoms with Gasteiger partial charge in [-0.15, -0.1) is 6.58 Å². The lowest BCUT2D eigenvalue weighted by Crippen LogP contribution is -2.42. The molecule has 7 heteroatoms. The first-order chi connectivity index (χ1) is 16.3. The minimum absolute atomic E-state index is 0.110. The molecule has 0 spiro atoms. The molecule has 1 aliphatic heterocycles. The molecular weight excluding hydrogens is 433 g/mol. The highest BCUT2D eigenvalue weighted by Crippen LogP contribution is 2.34. The molecule has 2 aromatic carbocycles. The number of ether oxygens (including phenoxy) is 2. The van der Waals surface area contributed by atoms with E-state index < -0.39 is 5.60 Å². The molecule has 0 aliphatic carbocycles. The zero-order valence-corrected chi connectivity index (χ0v) is 19.8. The van der Waals surface area contributed by atoms with Gasteiger partial charge in [0.05, 0.1) is 17.3 Å². The van der Waals surface area contributed by atoms with Crippen LogP contribution in [0.15, 0.2) is 67.3 Å². The van der Waals surface area contributed by atoms with Gasteiger partial charge in [0.2, 0.25) is 5.88 Å². The van der Waals surface area contributed by atoms with Gasteiger partial charge in [-0.3, -0.25) is 4.90 Å². The maximum Gasteiger partial charge on any atom is 0.222 e. The summed E-state index contributed by atoms with van der Waals surface area (Å²) in [7, 11) is 1.83. The van der Waals surface area contributed by atoms with Gasteiger partial charge < -0.3 is 14.6 Å². The Morgan fingerprint density at radius 3 is 2.65 bits per heavy atom. The van der Waals surface area contributed by atoms with Crippen LogP contribution in [0.2, 0.25) is 0 Å². The third-order valence-corrected chi connectivity index (χ3v) is 6.01. The summed E-state index contributed by atoms with van der Waals surface area (Å²) in [5, 5.41) is 15.6. The van der Waals surface area contributed by atoms with Gasteiger partial charge in [0.1, 0.15) is 17.3 Å². The molecule has 1 N–H and O–H groups in total. The summed E-state index contributed by atoms with van der Waals surface area (Å²) in [6, 6.07) is 15.9. The van der Waals surface area contributed by atoms with Crippen LogP contribution in [-0.2, 0) is 18.3 Å². The summed E-state index contributed by atoms with van der Waals surface area (Å²) in [4.78, 5) is 2.17. The van der Waals surface area contributed by atoms with Crippen molar-refractivity contribution in [2.75, 3.05) is 19.7 Å². The van der Waals surface area contributed by atoms with Crippen LogP contribution in [-0.4, -0.2) is 51.2 Å². The third-order valence-electron chi connectivity index (χ3n) is 6.01. The smallest absolute Gasteiger partial charge is 0.222 e. The molecule has 3 aromatic rings. The van der Waals surface area contributed by atoms with E-state index in [1.165, 1.54) is 12.1 Å². The number of nitrogens with zero attached hydrogens (tertiary/aromatic N) is 3. The molecule has 0 radical (unpaired) electrons. The monoisotopic (exact) mass is 465 g/mol. The van der Waals surface area contributed by atoms with Gasteiger partial charge in [-0.05, 0) is 44.0 Å². The van der Waals surface area contributed by atoms with E-state index in [0.717, 1.165) is 36.3 Å². The number of halogens is 1. The van der Waals surface area contributed by atoms with Crippen molar-refractivity contribution >= 4 is 0 Å². The topological polar surface area (TPSA) is 59.8 Å². The first-order valence-electron chi connectivity index (χ1n) is 11.6. The quantitative estimate of drug-likeness (QED) is 0.430. The number of aryl methyl sites for hydroxylation is 1. The van der Waals surface area contributed by atoms with Crippen LogP contribution in [0.25, 0.3) is 11.3 Å². The van der Waals surface area contributed by atoms with Gasteiger partial charge >= 0.3 is 0 Å². The molecule has 1 aliphatic rings. The number of aliphatic hydroxyl groups is 1. The van der Waals surface area contributed by atoms with Gasteiger partial charge in [-0.1, -0.05) is 36.4 Å². The van der Waals surface area contributed by atoms with E-state index in [1.807, 2.05) is 37.4 Å². The van der Waals surface area contributed by atoms with Crippen LogP contribution in [0, 0.1) is 5.82 Å². The molecule has 0 amide bonds. The van der Waals surface area contributed by atoms with Crippen molar-refractivity contribution in [2.45, 2.75) is 38.0 Å². The van der Waals surface area contributed by atoms with Crippen molar-refractivity contribution in [1.29, 1.82) is 0 Å². The maximum atomic E-state index is 13.4. The lowest BCUT2D eigenvalue weighted by Gasteiger charge is -2.31. The second kappa shape index (κ2) is 10.5. The molecule has 1 saturated heterocycles. The maximum absolute atomic E-state index is 13.4. The van der Waals surface area contributed by atoms with Gasteiger partial charge in [0, 0.05) is 38.9 Å². The fourth-order valence-electron chi connectivity index (χ4n) is 4.27. The van der Waals surface area contributed by atoms with E-state index >= 15 is 0 Å². The number of hydrogen-bond acceptors (Lipinski definition) is 5. The molecule has 0 bridgehead atoms. The van der Waals surface area contributed by atoms with Crippen LogP contribution < -0.4 is 4.74 Å². The molecule has 0 saturated carbocycles.